The fourth-order valence-corrected chi connectivity index (χ4v) is 3.91. The normalized spacial score (nSPS) is 14.8. The van der Waals surface area contributed by atoms with Gasteiger partial charge in [-0.2, -0.15) is 9.78 Å². The molecule has 0 bridgehead atoms. The van der Waals surface area contributed by atoms with Gasteiger partial charge >= 0.3 is 6.03 Å². The van der Waals surface area contributed by atoms with Crippen LogP contribution in [0.25, 0.3) is 11.3 Å². The third-order valence-corrected chi connectivity index (χ3v) is 5.77. The summed E-state index contributed by atoms with van der Waals surface area (Å²) in [5.41, 5.74) is 5.15. The van der Waals surface area contributed by atoms with Crippen molar-refractivity contribution >= 4 is 17.8 Å². The lowest BCUT2D eigenvalue weighted by Crippen LogP contribution is -2.55. The minimum atomic E-state index is -1.33. The monoisotopic (exact) mass is 494 g/mol. The van der Waals surface area contributed by atoms with E-state index in [0.717, 1.165) is 4.68 Å². The molecule has 1 aromatic carbocycles. The predicted octanol–water partition coefficient (Wildman–Crippen LogP) is 1.92. The smallest absolute Gasteiger partial charge is 0.343 e. The van der Waals surface area contributed by atoms with Crippen LogP contribution in [0.4, 0.5) is 18.0 Å². The largest absolute Gasteiger partial charge is 0.370 e. The van der Waals surface area contributed by atoms with Crippen LogP contribution < -0.4 is 16.4 Å². The van der Waals surface area contributed by atoms with Crippen molar-refractivity contribution in [3.63, 3.8) is 0 Å². The maximum atomic E-state index is 14.6. The number of nitrogens with zero attached hydrogens (tertiary/aromatic N) is 3. The average Bonchev–Trinajstić information content (AvgIpc) is 3.11. The van der Waals surface area contributed by atoms with Crippen molar-refractivity contribution in [3.8, 4) is 11.3 Å². The number of nitrogens with two attached hydrogens (primary N) is 1. The molecule has 0 spiro atoms. The van der Waals surface area contributed by atoms with E-state index >= 15 is 0 Å². The van der Waals surface area contributed by atoms with Gasteiger partial charge in [-0.25, -0.2) is 18.0 Å². The van der Waals surface area contributed by atoms with E-state index in [1.165, 1.54) is 0 Å². The van der Waals surface area contributed by atoms with Crippen LogP contribution in [0, 0.1) is 22.9 Å². The second-order valence-corrected chi connectivity index (χ2v) is 9.68. The zero-order chi connectivity index (χ0) is 26.1. The second kappa shape index (κ2) is 10.1. The summed E-state index contributed by atoms with van der Waals surface area (Å²) in [4.78, 5) is 39.0. The Balaban J connectivity index is 1.97. The number of carbonyl (C=O) groups is 3. The highest BCUT2D eigenvalue weighted by molar-refractivity contribution is 5.89. The van der Waals surface area contributed by atoms with Crippen LogP contribution in [-0.4, -0.2) is 58.7 Å². The Bertz CT molecular complexity index is 1160. The van der Waals surface area contributed by atoms with Crippen LogP contribution in [0.15, 0.2) is 12.1 Å². The molecule has 0 aliphatic carbocycles. The molecule has 35 heavy (non-hydrogen) atoms. The summed E-state index contributed by atoms with van der Waals surface area (Å²) >= 11 is 0. The van der Waals surface area contributed by atoms with Gasteiger partial charge in [0.15, 0.2) is 11.6 Å². The standard InChI is InChI=1S/C23H29F3N6O3/c1-23(2,3)20(21(34)28-7-5-18(27)33)29-22(35)32-17-6-8-31(4)11-13(17)19(30-32)12-9-15(25)16(26)10-14(12)24/h9-10,20H,5-8,11H2,1-4H3,(H2,27,33)(H,28,34)(H,29,35). The van der Waals surface area contributed by atoms with Crippen LogP contribution in [0.5, 0.6) is 0 Å². The van der Waals surface area contributed by atoms with Crippen molar-refractivity contribution in [2.45, 2.75) is 46.2 Å². The average molecular weight is 495 g/mol. The topological polar surface area (TPSA) is 122 Å². The number of rotatable bonds is 6. The highest BCUT2D eigenvalue weighted by Gasteiger charge is 2.35. The zero-order valence-corrected chi connectivity index (χ0v) is 20.0. The van der Waals surface area contributed by atoms with Crippen molar-refractivity contribution in [2.75, 3.05) is 20.1 Å². The fourth-order valence-electron chi connectivity index (χ4n) is 3.91. The van der Waals surface area contributed by atoms with Gasteiger partial charge < -0.3 is 21.3 Å². The number of carbonyl (C=O) groups excluding carboxylic acids is 3. The van der Waals surface area contributed by atoms with Gasteiger partial charge in [-0.15, -0.1) is 0 Å². The van der Waals surface area contributed by atoms with Crippen LogP contribution in [0.1, 0.15) is 38.4 Å². The summed E-state index contributed by atoms with van der Waals surface area (Å²) in [7, 11) is 1.83. The number of likely N-dealkylation sites (N-methyl/N-ethyl adjacent to an activating group) is 1. The highest BCUT2D eigenvalue weighted by Crippen LogP contribution is 2.32. The molecule has 3 amide bonds. The number of aromatic nitrogens is 2. The molecule has 0 fully saturated rings. The van der Waals surface area contributed by atoms with Gasteiger partial charge in [0.25, 0.3) is 0 Å². The predicted molar refractivity (Wildman–Crippen MR) is 122 cm³/mol. The van der Waals surface area contributed by atoms with Crippen LogP contribution >= 0.6 is 0 Å². The molecule has 1 aliphatic rings. The summed E-state index contributed by atoms with van der Waals surface area (Å²) in [5.74, 6) is -4.67. The number of hydrogen-bond donors (Lipinski definition) is 3. The molecule has 190 valence electrons. The lowest BCUT2D eigenvalue weighted by molar-refractivity contribution is -0.125. The fraction of sp³-hybridized carbons (Fsp3) is 0.478. The molecule has 12 heteroatoms. The maximum Gasteiger partial charge on any atom is 0.343 e. The lowest BCUT2D eigenvalue weighted by atomic mass is 9.86. The second-order valence-electron chi connectivity index (χ2n) is 9.68. The van der Waals surface area contributed by atoms with Crippen molar-refractivity contribution in [2.24, 2.45) is 11.1 Å². The Morgan fingerprint density at radius 3 is 2.43 bits per heavy atom. The molecule has 0 saturated heterocycles. The van der Waals surface area contributed by atoms with Gasteiger partial charge in [0, 0.05) is 49.7 Å². The summed E-state index contributed by atoms with van der Waals surface area (Å²) in [5, 5.41) is 9.51. The SMILES string of the molecule is CN1CCc2c(c(-c3cc(F)c(F)cc3F)nn2C(=O)NC(C(=O)NCCC(N)=O)C(C)(C)C)C1. The highest BCUT2D eigenvalue weighted by atomic mass is 19.2. The first-order chi connectivity index (χ1) is 16.3. The van der Waals surface area contributed by atoms with E-state index in [2.05, 4.69) is 15.7 Å². The molecule has 4 N–H and O–H groups in total. The molecule has 0 radical (unpaired) electrons. The zero-order valence-electron chi connectivity index (χ0n) is 20.0. The number of halogens is 3. The Kier molecular flexibility index (Phi) is 7.53. The molecular formula is C23H29F3N6O3. The van der Waals surface area contributed by atoms with Gasteiger partial charge in [-0.3, -0.25) is 9.59 Å². The summed E-state index contributed by atoms with van der Waals surface area (Å²) < 4.78 is 43.1. The summed E-state index contributed by atoms with van der Waals surface area (Å²) in [6.07, 6.45) is 0.336. The van der Waals surface area contributed by atoms with Crippen molar-refractivity contribution in [3.05, 3.63) is 40.8 Å². The molecule has 0 saturated carbocycles. The first kappa shape index (κ1) is 26.2. The Morgan fingerprint density at radius 1 is 1.14 bits per heavy atom. The number of fused-ring (bicyclic) bond motifs is 1. The molecule has 2 heterocycles. The van der Waals surface area contributed by atoms with E-state index in [1.807, 2.05) is 11.9 Å². The van der Waals surface area contributed by atoms with Gasteiger partial charge in [-0.1, -0.05) is 20.8 Å². The first-order valence-corrected chi connectivity index (χ1v) is 11.1. The van der Waals surface area contributed by atoms with E-state index in [0.29, 0.717) is 42.9 Å². The van der Waals surface area contributed by atoms with E-state index in [4.69, 9.17) is 5.73 Å². The molecule has 3 rings (SSSR count). The number of amides is 3. The molecule has 1 unspecified atom stereocenters. The number of nitrogens with one attached hydrogen (secondary N) is 2. The number of benzene rings is 1. The quantitative estimate of drug-likeness (QED) is 0.530. The van der Waals surface area contributed by atoms with Gasteiger partial charge in [0.2, 0.25) is 11.8 Å². The van der Waals surface area contributed by atoms with Gasteiger partial charge in [0.1, 0.15) is 17.6 Å². The van der Waals surface area contributed by atoms with E-state index < -0.39 is 46.8 Å². The molecule has 1 aromatic heterocycles. The minimum absolute atomic E-state index is 0.0136. The van der Waals surface area contributed by atoms with Crippen molar-refractivity contribution in [1.29, 1.82) is 0 Å². The third-order valence-electron chi connectivity index (χ3n) is 5.77. The molecular weight excluding hydrogens is 465 g/mol. The van der Waals surface area contributed by atoms with E-state index in [-0.39, 0.29) is 24.2 Å². The Hall–Kier alpha value is -3.41. The van der Waals surface area contributed by atoms with Crippen LogP contribution in [0.2, 0.25) is 0 Å². The molecule has 1 atom stereocenters. The Labute approximate surface area is 200 Å². The number of hydrogen-bond acceptors (Lipinski definition) is 5. The maximum absolute atomic E-state index is 14.6. The van der Waals surface area contributed by atoms with Gasteiger partial charge in [-0.05, 0) is 18.5 Å². The summed E-state index contributed by atoms with van der Waals surface area (Å²) in [6.45, 7) is 6.16. The van der Waals surface area contributed by atoms with Crippen molar-refractivity contribution in [1.82, 2.24) is 25.3 Å². The van der Waals surface area contributed by atoms with E-state index in [9.17, 15) is 27.6 Å². The first-order valence-electron chi connectivity index (χ1n) is 11.1. The minimum Gasteiger partial charge on any atom is -0.370 e. The van der Waals surface area contributed by atoms with Crippen molar-refractivity contribution < 1.29 is 27.6 Å². The lowest BCUT2D eigenvalue weighted by Gasteiger charge is -2.30. The van der Waals surface area contributed by atoms with E-state index in [1.54, 1.807) is 20.8 Å². The summed E-state index contributed by atoms with van der Waals surface area (Å²) in [6, 6.07) is -0.578. The third kappa shape index (κ3) is 5.81. The molecule has 2 aromatic rings. The Morgan fingerprint density at radius 2 is 1.80 bits per heavy atom. The van der Waals surface area contributed by atoms with Crippen LogP contribution in [0.3, 0.4) is 0 Å². The molecule has 9 nitrogen and oxygen atoms in total. The van der Waals surface area contributed by atoms with Gasteiger partial charge in [0.05, 0.1) is 5.69 Å². The van der Waals surface area contributed by atoms with Crippen LogP contribution in [-0.2, 0) is 22.6 Å². The molecule has 1 aliphatic heterocycles. The number of primary amides is 1.